The van der Waals surface area contributed by atoms with Crippen LogP contribution in [0.3, 0.4) is 0 Å². The van der Waals surface area contributed by atoms with Crippen LogP contribution in [0.1, 0.15) is 48.0 Å². The first-order chi connectivity index (χ1) is 15.8. The molecule has 33 heavy (non-hydrogen) atoms. The number of ether oxygens (including phenoxy) is 1. The number of carbonyl (C=O) groups is 2. The normalized spacial score (nSPS) is 14.4. The Balaban J connectivity index is 1.51. The molecule has 0 aliphatic heterocycles. The number of amides is 3. The lowest BCUT2D eigenvalue weighted by atomic mass is 9.96. The Morgan fingerprint density at radius 2 is 1.76 bits per heavy atom. The van der Waals surface area contributed by atoms with Gasteiger partial charge in [-0.25, -0.2) is 17.9 Å². The van der Waals surface area contributed by atoms with Gasteiger partial charge in [0.15, 0.2) is 0 Å². The van der Waals surface area contributed by atoms with Crippen LogP contribution in [0.15, 0.2) is 47.4 Å². The molecule has 1 fully saturated rings. The molecule has 0 unspecified atom stereocenters. The maximum atomic E-state index is 12.5. The highest BCUT2D eigenvalue weighted by Gasteiger charge is 2.21. The summed E-state index contributed by atoms with van der Waals surface area (Å²) in [7, 11) is -2.52. The molecule has 2 aromatic carbocycles. The van der Waals surface area contributed by atoms with Crippen LogP contribution in [-0.4, -0.2) is 40.1 Å². The summed E-state index contributed by atoms with van der Waals surface area (Å²) in [6.07, 6.45) is 5.43. The molecule has 1 aliphatic carbocycles. The highest BCUT2D eigenvalue weighted by molar-refractivity contribution is 7.90. The molecule has 3 N–H and O–H groups in total. The van der Waals surface area contributed by atoms with E-state index in [0.29, 0.717) is 29.3 Å². The molecule has 0 atom stereocenters. The molecule has 0 saturated heterocycles. The predicted molar refractivity (Wildman–Crippen MR) is 126 cm³/mol. The van der Waals surface area contributed by atoms with Crippen molar-refractivity contribution in [2.45, 2.75) is 49.5 Å². The van der Waals surface area contributed by atoms with Crippen molar-refractivity contribution in [3.05, 3.63) is 58.6 Å². The van der Waals surface area contributed by atoms with E-state index < -0.39 is 16.1 Å². The summed E-state index contributed by atoms with van der Waals surface area (Å²) in [6.45, 7) is 0.336. The van der Waals surface area contributed by atoms with Gasteiger partial charge in [-0.1, -0.05) is 49.1 Å². The molecule has 178 valence electrons. The number of rotatable bonds is 8. The third kappa shape index (κ3) is 6.85. The van der Waals surface area contributed by atoms with E-state index in [1.807, 2.05) is 0 Å². The summed E-state index contributed by atoms with van der Waals surface area (Å²) in [4.78, 5) is 24.5. The van der Waals surface area contributed by atoms with Crippen molar-refractivity contribution in [3.63, 3.8) is 0 Å². The summed E-state index contributed by atoms with van der Waals surface area (Å²) in [6, 6.07) is 10.4. The molecule has 0 bridgehead atoms. The molecular formula is C23H28ClN3O5S. The minimum atomic E-state index is -3.97. The van der Waals surface area contributed by atoms with Crippen LogP contribution in [0.25, 0.3) is 0 Å². The standard InChI is InChI=1S/C23H28ClN3O5S/c1-32-21-19(8-5-9-20(21)24)22(28)25-15-14-16-10-12-18(13-11-16)33(30,31)27-23(29)26-17-6-3-2-4-7-17/h5,8-13,17H,2-4,6-7,14-15H2,1H3,(H,25,28)(H2,26,27,29). The number of benzene rings is 2. The first kappa shape index (κ1) is 24.9. The van der Waals surface area contributed by atoms with E-state index in [-0.39, 0.29) is 16.8 Å². The molecule has 2 aromatic rings. The van der Waals surface area contributed by atoms with Crippen LogP contribution >= 0.6 is 11.6 Å². The van der Waals surface area contributed by atoms with Crippen molar-refractivity contribution in [2.75, 3.05) is 13.7 Å². The highest BCUT2D eigenvalue weighted by atomic mass is 35.5. The quantitative estimate of drug-likeness (QED) is 0.519. The lowest BCUT2D eigenvalue weighted by Gasteiger charge is -2.22. The van der Waals surface area contributed by atoms with Gasteiger partial charge in [0.1, 0.15) is 5.75 Å². The highest BCUT2D eigenvalue weighted by Crippen LogP contribution is 2.28. The Labute approximate surface area is 199 Å². The number of methoxy groups -OCH3 is 1. The van der Waals surface area contributed by atoms with E-state index in [1.165, 1.54) is 19.2 Å². The van der Waals surface area contributed by atoms with E-state index in [2.05, 4.69) is 15.4 Å². The van der Waals surface area contributed by atoms with Crippen LogP contribution in [0.5, 0.6) is 5.75 Å². The monoisotopic (exact) mass is 493 g/mol. The number of hydrogen-bond donors (Lipinski definition) is 3. The summed E-state index contributed by atoms with van der Waals surface area (Å²) in [5.41, 5.74) is 1.17. The lowest BCUT2D eigenvalue weighted by Crippen LogP contribution is -2.45. The summed E-state index contributed by atoms with van der Waals surface area (Å²) < 4.78 is 32.3. The number of sulfonamides is 1. The molecular weight excluding hydrogens is 466 g/mol. The summed E-state index contributed by atoms with van der Waals surface area (Å²) in [5, 5.41) is 5.88. The van der Waals surface area contributed by atoms with Gasteiger partial charge in [-0.2, -0.15) is 0 Å². The second-order valence-corrected chi connectivity index (χ2v) is 9.97. The fourth-order valence-electron chi connectivity index (χ4n) is 3.79. The fourth-order valence-corrected chi connectivity index (χ4v) is 4.96. The Morgan fingerprint density at radius 3 is 2.42 bits per heavy atom. The number of para-hydroxylation sites is 1. The third-order valence-electron chi connectivity index (χ3n) is 5.52. The van der Waals surface area contributed by atoms with Crippen LogP contribution < -0.4 is 20.1 Å². The SMILES string of the molecule is COc1c(Cl)cccc1C(=O)NCCc1ccc(S(=O)(=O)NC(=O)NC2CCCCC2)cc1. The molecule has 0 radical (unpaired) electrons. The Hall–Kier alpha value is -2.78. The second kappa shape index (κ2) is 11.4. The van der Waals surface area contributed by atoms with Gasteiger partial charge >= 0.3 is 6.03 Å². The first-order valence-electron chi connectivity index (χ1n) is 10.8. The van der Waals surface area contributed by atoms with Crippen LogP contribution in [0, 0.1) is 0 Å². The zero-order chi connectivity index (χ0) is 23.8. The van der Waals surface area contributed by atoms with Gasteiger partial charge in [-0.3, -0.25) is 4.79 Å². The van der Waals surface area contributed by atoms with E-state index in [4.69, 9.17) is 16.3 Å². The van der Waals surface area contributed by atoms with Crippen LogP contribution in [0.4, 0.5) is 4.79 Å². The van der Waals surface area contributed by atoms with Gasteiger partial charge in [0.25, 0.3) is 15.9 Å². The van der Waals surface area contributed by atoms with Gasteiger partial charge < -0.3 is 15.4 Å². The molecule has 0 spiro atoms. The second-order valence-electron chi connectivity index (χ2n) is 7.88. The van der Waals surface area contributed by atoms with Gasteiger partial charge in [-0.05, 0) is 49.1 Å². The van der Waals surface area contributed by atoms with E-state index in [0.717, 1.165) is 37.7 Å². The van der Waals surface area contributed by atoms with Crippen molar-refractivity contribution in [2.24, 2.45) is 0 Å². The molecule has 10 heteroatoms. The van der Waals surface area contributed by atoms with Crippen molar-refractivity contribution in [1.82, 2.24) is 15.4 Å². The Bertz CT molecular complexity index is 1080. The topological polar surface area (TPSA) is 114 Å². The maximum Gasteiger partial charge on any atom is 0.328 e. The minimum Gasteiger partial charge on any atom is -0.494 e. The number of nitrogens with one attached hydrogen (secondary N) is 3. The van der Waals surface area contributed by atoms with Crippen molar-refractivity contribution in [3.8, 4) is 5.75 Å². The summed E-state index contributed by atoms with van der Waals surface area (Å²) in [5.74, 6) is -0.00650. The number of carbonyl (C=O) groups excluding carboxylic acids is 2. The van der Waals surface area contributed by atoms with E-state index in [9.17, 15) is 18.0 Å². The largest absolute Gasteiger partial charge is 0.494 e. The smallest absolute Gasteiger partial charge is 0.328 e. The molecule has 3 rings (SSSR count). The zero-order valence-corrected chi connectivity index (χ0v) is 20.0. The summed E-state index contributed by atoms with van der Waals surface area (Å²) >= 11 is 6.05. The molecule has 8 nitrogen and oxygen atoms in total. The molecule has 0 aromatic heterocycles. The fraction of sp³-hybridized carbons (Fsp3) is 0.391. The van der Waals surface area contributed by atoms with Gasteiger partial charge in [0.05, 0.1) is 22.6 Å². The maximum absolute atomic E-state index is 12.5. The van der Waals surface area contributed by atoms with Crippen molar-refractivity contribution in [1.29, 1.82) is 0 Å². The minimum absolute atomic E-state index is 0.00209. The van der Waals surface area contributed by atoms with Crippen LogP contribution in [0.2, 0.25) is 5.02 Å². The predicted octanol–water partition coefficient (Wildman–Crippen LogP) is 3.64. The number of hydrogen-bond acceptors (Lipinski definition) is 5. The van der Waals surface area contributed by atoms with E-state index >= 15 is 0 Å². The average molecular weight is 494 g/mol. The Kier molecular flexibility index (Phi) is 8.57. The molecule has 3 amide bonds. The Morgan fingerprint density at radius 1 is 1.06 bits per heavy atom. The first-order valence-corrected chi connectivity index (χ1v) is 12.7. The number of halogens is 1. The van der Waals surface area contributed by atoms with Gasteiger partial charge in [-0.15, -0.1) is 0 Å². The zero-order valence-electron chi connectivity index (χ0n) is 18.4. The number of urea groups is 1. The van der Waals surface area contributed by atoms with Crippen LogP contribution in [-0.2, 0) is 16.4 Å². The molecule has 1 aliphatic rings. The van der Waals surface area contributed by atoms with Crippen molar-refractivity contribution >= 4 is 33.6 Å². The average Bonchev–Trinajstić information content (AvgIpc) is 2.79. The molecule has 1 saturated carbocycles. The van der Waals surface area contributed by atoms with Crippen molar-refractivity contribution < 1.29 is 22.7 Å². The third-order valence-corrected chi connectivity index (χ3v) is 7.16. The lowest BCUT2D eigenvalue weighted by molar-refractivity contribution is 0.0951. The van der Waals surface area contributed by atoms with Gasteiger partial charge in [0, 0.05) is 12.6 Å². The van der Waals surface area contributed by atoms with E-state index in [1.54, 1.807) is 30.3 Å². The van der Waals surface area contributed by atoms with Gasteiger partial charge in [0.2, 0.25) is 0 Å². The molecule has 0 heterocycles.